The molecule has 112 valence electrons. The first-order valence-electron chi connectivity index (χ1n) is 8.06. The van der Waals surface area contributed by atoms with Crippen molar-refractivity contribution < 1.29 is 0 Å². The van der Waals surface area contributed by atoms with E-state index in [1.165, 1.54) is 24.8 Å². The second kappa shape index (κ2) is 7.47. The highest BCUT2D eigenvalue weighted by molar-refractivity contribution is 6.30. The highest BCUT2D eigenvalue weighted by Gasteiger charge is 2.29. The normalized spacial score (nSPS) is 28.3. The van der Waals surface area contributed by atoms with Gasteiger partial charge in [-0.3, -0.25) is 0 Å². The Labute approximate surface area is 129 Å². The van der Waals surface area contributed by atoms with Crippen molar-refractivity contribution in [2.75, 3.05) is 6.54 Å². The van der Waals surface area contributed by atoms with E-state index in [4.69, 9.17) is 11.6 Å². The molecule has 0 aliphatic heterocycles. The van der Waals surface area contributed by atoms with Crippen molar-refractivity contribution in [2.45, 2.75) is 52.5 Å². The van der Waals surface area contributed by atoms with Gasteiger partial charge in [-0.25, -0.2) is 0 Å². The van der Waals surface area contributed by atoms with Crippen LogP contribution in [0.15, 0.2) is 24.3 Å². The molecule has 0 heterocycles. The average molecular weight is 294 g/mol. The third-order valence-corrected chi connectivity index (χ3v) is 4.87. The van der Waals surface area contributed by atoms with Gasteiger partial charge in [0.05, 0.1) is 0 Å². The molecule has 3 atom stereocenters. The summed E-state index contributed by atoms with van der Waals surface area (Å²) in [5.74, 6) is 2.55. The molecule has 0 radical (unpaired) electrons. The van der Waals surface area contributed by atoms with Gasteiger partial charge < -0.3 is 5.32 Å². The largest absolute Gasteiger partial charge is 0.314 e. The molecule has 1 saturated carbocycles. The fourth-order valence-corrected chi connectivity index (χ4v) is 4.01. The van der Waals surface area contributed by atoms with Crippen LogP contribution in [-0.4, -0.2) is 12.6 Å². The van der Waals surface area contributed by atoms with Crippen LogP contribution >= 0.6 is 11.6 Å². The van der Waals surface area contributed by atoms with E-state index in [1.807, 2.05) is 12.1 Å². The van der Waals surface area contributed by atoms with Crippen molar-refractivity contribution in [1.29, 1.82) is 0 Å². The summed E-state index contributed by atoms with van der Waals surface area (Å²) in [4.78, 5) is 0. The fourth-order valence-electron chi connectivity index (χ4n) is 3.88. The van der Waals surface area contributed by atoms with E-state index in [1.54, 1.807) is 0 Å². The molecule has 1 fully saturated rings. The SMILES string of the molecule is CCNC(Cc1ccc(Cl)cc1)C1CC(C)CC(C)C1. The molecule has 1 aromatic carbocycles. The van der Waals surface area contributed by atoms with Crippen molar-refractivity contribution in [3.05, 3.63) is 34.9 Å². The molecule has 0 aromatic heterocycles. The van der Waals surface area contributed by atoms with Gasteiger partial charge >= 0.3 is 0 Å². The molecule has 0 bridgehead atoms. The van der Waals surface area contributed by atoms with Gasteiger partial charge in [-0.2, -0.15) is 0 Å². The van der Waals surface area contributed by atoms with E-state index in [9.17, 15) is 0 Å². The molecule has 0 saturated heterocycles. The number of hydrogen-bond acceptors (Lipinski definition) is 1. The highest BCUT2D eigenvalue weighted by Crippen LogP contribution is 2.35. The van der Waals surface area contributed by atoms with Crippen LogP contribution in [0.3, 0.4) is 0 Å². The minimum Gasteiger partial charge on any atom is -0.314 e. The van der Waals surface area contributed by atoms with Crippen LogP contribution in [0, 0.1) is 17.8 Å². The zero-order valence-corrected chi connectivity index (χ0v) is 13.8. The van der Waals surface area contributed by atoms with Crippen molar-refractivity contribution >= 4 is 11.6 Å². The third-order valence-electron chi connectivity index (χ3n) is 4.62. The van der Waals surface area contributed by atoms with E-state index in [-0.39, 0.29) is 0 Å². The van der Waals surface area contributed by atoms with E-state index < -0.39 is 0 Å². The number of likely N-dealkylation sites (N-methyl/N-ethyl adjacent to an activating group) is 1. The average Bonchev–Trinajstić information content (AvgIpc) is 2.39. The molecule has 1 aliphatic carbocycles. The number of halogens is 1. The Bertz CT molecular complexity index is 390. The second-order valence-electron chi connectivity index (χ2n) is 6.67. The number of rotatable bonds is 5. The standard InChI is InChI=1S/C18H28ClN/c1-4-20-18(12-15-5-7-17(19)8-6-15)16-10-13(2)9-14(3)11-16/h5-8,13-14,16,18,20H,4,9-12H2,1-3H3. The minimum absolute atomic E-state index is 0.603. The predicted octanol–water partition coefficient (Wildman–Crippen LogP) is 4.93. The van der Waals surface area contributed by atoms with E-state index in [2.05, 4.69) is 38.2 Å². The molecule has 0 amide bonds. The van der Waals surface area contributed by atoms with Gasteiger partial charge in [-0.1, -0.05) is 44.5 Å². The van der Waals surface area contributed by atoms with Crippen LogP contribution < -0.4 is 5.32 Å². The zero-order chi connectivity index (χ0) is 14.5. The Kier molecular flexibility index (Phi) is 5.92. The van der Waals surface area contributed by atoms with Crippen molar-refractivity contribution in [2.24, 2.45) is 17.8 Å². The van der Waals surface area contributed by atoms with E-state index >= 15 is 0 Å². The summed E-state index contributed by atoms with van der Waals surface area (Å²) >= 11 is 5.98. The van der Waals surface area contributed by atoms with Gasteiger partial charge in [0.1, 0.15) is 0 Å². The summed E-state index contributed by atoms with van der Waals surface area (Å²) in [6.45, 7) is 8.09. The van der Waals surface area contributed by atoms with Crippen LogP contribution in [0.25, 0.3) is 0 Å². The van der Waals surface area contributed by atoms with Crippen LogP contribution in [0.4, 0.5) is 0 Å². The van der Waals surface area contributed by atoms with Crippen LogP contribution in [0.2, 0.25) is 5.02 Å². The maximum atomic E-state index is 5.98. The van der Waals surface area contributed by atoms with Gasteiger partial charge in [0.2, 0.25) is 0 Å². The smallest absolute Gasteiger partial charge is 0.0406 e. The van der Waals surface area contributed by atoms with Gasteiger partial charge in [-0.05, 0) is 67.7 Å². The summed E-state index contributed by atoms with van der Waals surface area (Å²) in [5.41, 5.74) is 1.39. The van der Waals surface area contributed by atoms with Crippen molar-refractivity contribution in [1.82, 2.24) is 5.32 Å². The maximum Gasteiger partial charge on any atom is 0.0406 e. The Morgan fingerprint density at radius 2 is 1.70 bits per heavy atom. The molecule has 2 heteroatoms. The lowest BCUT2D eigenvalue weighted by Crippen LogP contribution is -2.41. The summed E-state index contributed by atoms with van der Waals surface area (Å²) in [6.07, 6.45) is 5.26. The van der Waals surface area contributed by atoms with Gasteiger partial charge in [0, 0.05) is 11.1 Å². The van der Waals surface area contributed by atoms with E-state index in [0.717, 1.165) is 35.7 Å². The molecule has 1 N–H and O–H groups in total. The molecule has 3 unspecified atom stereocenters. The Balaban J connectivity index is 2.04. The molecule has 2 rings (SSSR count). The highest BCUT2D eigenvalue weighted by atomic mass is 35.5. The van der Waals surface area contributed by atoms with Gasteiger partial charge in [0.15, 0.2) is 0 Å². The molecular formula is C18H28ClN. The van der Waals surface area contributed by atoms with Gasteiger partial charge in [0.25, 0.3) is 0 Å². The minimum atomic E-state index is 0.603. The Morgan fingerprint density at radius 1 is 1.10 bits per heavy atom. The third kappa shape index (κ3) is 4.49. The predicted molar refractivity (Wildman–Crippen MR) is 88.3 cm³/mol. The lowest BCUT2D eigenvalue weighted by atomic mass is 9.72. The lowest BCUT2D eigenvalue weighted by Gasteiger charge is -2.37. The van der Waals surface area contributed by atoms with Gasteiger partial charge in [-0.15, -0.1) is 0 Å². The fraction of sp³-hybridized carbons (Fsp3) is 0.667. The molecule has 1 nitrogen and oxygen atoms in total. The van der Waals surface area contributed by atoms with Crippen molar-refractivity contribution in [3.8, 4) is 0 Å². The summed E-state index contributed by atoms with van der Waals surface area (Å²) in [5, 5.41) is 4.55. The Morgan fingerprint density at radius 3 is 2.25 bits per heavy atom. The van der Waals surface area contributed by atoms with Crippen LogP contribution in [0.1, 0.15) is 45.6 Å². The molecule has 1 aromatic rings. The van der Waals surface area contributed by atoms with Crippen LogP contribution in [0.5, 0.6) is 0 Å². The maximum absolute atomic E-state index is 5.98. The summed E-state index contributed by atoms with van der Waals surface area (Å²) < 4.78 is 0. The van der Waals surface area contributed by atoms with Crippen LogP contribution in [-0.2, 0) is 6.42 Å². The number of hydrogen-bond donors (Lipinski definition) is 1. The first-order chi connectivity index (χ1) is 9.58. The summed E-state index contributed by atoms with van der Waals surface area (Å²) in [6, 6.07) is 8.95. The topological polar surface area (TPSA) is 12.0 Å². The quantitative estimate of drug-likeness (QED) is 0.811. The van der Waals surface area contributed by atoms with Crippen molar-refractivity contribution in [3.63, 3.8) is 0 Å². The first-order valence-corrected chi connectivity index (χ1v) is 8.44. The molecular weight excluding hydrogens is 266 g/mol. The summed E-state index contributed by atoms with van der Waals surface area (Å²) in [7, 11) is 0. The Hall–Kier alpha value is -0.530. The molecule has 0 spiro atoms. The first kappa shape index (κ1) is 15.9. The zero-order valence-electron chi connectivity index (χ0n) is 13.0. The number of benzene rings is 1. The lowest BCUT2D eigenvalue weighted by molar-refractivity contribution is 0.176. The molecule has 1 aliphatic rings. The monoisotopic (exact) mass is 293 g/mol. The number of nitrogens with one attached hydrogen (secondary N) is 1. The molecule has 20 heavy (non-hydrogen) atoms. The second-order valence-corrected chi connectivity index (χ2v) is 7.11. The van der Waals surface area contributed by atoms with E-state index in [0.29, 0.717) is 6.04 Å².